The molecular weight excluding hydrogens is 672 g/mol. The van der Waals surface area contributed by atoms with Crippen molar-refractivity contribution in [2.45, 2.75) is 156 Å². The summed E-state index contributed by atoms with van der Waals surface area (Å²) >= 11 is 0. The smallest absolute Gasteiger partial charge is 0.344 e. The fourth-order valence-electron chi connectivity index (χ4n) is 8.32. The van der Waals surface area contributed by atoms with Crippen molar-refractivity contribution in [3.8, 4) is 0 Å². The first kappa shape index (κ1) is 43.2. The molecule has 0 aromatic rings. The van der Waals surface area contributed by atoms with Crippen molar-refractivity contribution in [2.75, 3.05) is 26.4 Å². The van der Waals surface area contributed by atoms with Crippen LogP contribution in [0.3, 0.4) is 0 Å². The molecule has 5 aliphatic carbocycles. The number of ether oxygens (including phenoxy) is 6. The summed E-state index contributed by atoms with van der Waals surface area (Å²) in [5.74, 6) is -0.980. The van der Waals surface area contributed by atoms with Gasteiger partial charge in [-0.1, -0.05) is 34.1 Å². The third kappa shape index (κ3) is 11.4. The molecule has 52 heavy (non-hydrogen) atoms. The molecule has 5 saturated carbocycles. The number of hydrogen-bond donors (Lipinski definition) is 0. The monoisotopic (exact) mass is 736 g/mol. The molecule has 5 aliphatic rings. The van der Waals surface area contributed by atoms with Gasteiger partial charge in [-0.15, -0.1) is 0 Å². The van der Waals surface area contributed by atoms with Gasteiger partial charge >= 0.3 is 35.8 Å². The van der Waals surface area contributed by atoms with E-state index in [4.69, 9.17) is 28.4 Å². The second-order valence-electron chi connectivity index (χ2n) is 16.6. The van der Waals surface area contributed by atoms with E-state index in [1.165, 1.54) is 6.42 Å². The Hall–Kier alpha value is -3.18. The molecule has 0 spiro atoms. The van der Waals surface area contributed by atoms with Crippen molar-refractivity contribution in [1.82, 2.24) is 0 Å². The van der Waals surface area contributed by atoms with Crippen molar-refractivity contribution in [3.05, 3.63) is 0 Å². The van der Waals surface area contributed by atoms with Gasteiger partial charge in [0.1, 0.15) is 11.2 Å². The molecule has 0 aromatic heterocycles. The summed E-state index contributed by atoms with van der Waals surface area (Å²) in [4.78, 5) is 71.5. The average molecular weight is 737 g/mol. The normalized spacial score (nSPS) is 25.8. The standard InChI is InChI=1S/C22H34O6.C18H30O6/c1-5-21(3,4)20(25)27-12-18(23)26-13-19(24)28-22(6-2)16-8-14-7-15(10-16)11-17(22)9-14;1-5-17(3,4)16(21)23-12-14(19)22-13-15(20)24-18(6-2)10-8-7-9-11-18/h14-17H,5-13H2,1-4H3;5-13H2,1-4H3. The minimum absolute atomic E-state index is 0.394. The van der Waals surface area contributed by atoms with Crippen molar-refractivity contribution in [2.24, 2.45) is 34.5 Å². The summed E-state index contributed by atoms with van der Waals surface area (Å²) < 4.78 is 31.3. The largest absolute Gasteiger partial charge is 0.457 e. The van der Waals surface area contributed by atoms with E-state index in [0.717, 1.165) is 82.5 Å². The molecule has 0 N–H and O–H groups in total. The topological polar surface area (TPSA) is 158 Å². The summed E-state index contributed by atoms with van der Waals surface area (Å²) in [6.45, 7) is 13.0. The van der Waals surface area contributed by atoms with Gasteiger partial charge in [-0.3, -0.25) is 9.59 Å². The van der Waals surface area contributed by atoms with Crippen molar-refractivity contribution in [1.29, 1.82) is 0 Å². The summed E-state index contributed by atoms with van der Waals surface area (Å²) in [6, 6.07) is 0. The molecule has 4 bridgehead atoms. The minimum atomic E-state index is -0.749. The number of esters is 6. The summed E-state index contributed by atoms with van der Waals surface area (Å²) in [6.07, 6.45) is 13.7. The highest BCUT2D eigenvalue weighted by atomic mass is 16.6. The highest BCUT2D eigenvalue weighted by Crippen LogP contribution is 2.60. The maximum atomic E-state index is 12.4. The first-order valence-electron chi connectivity index (χ1n) is 19.5. The first-order valence-corrected chi connectivity index (χ1v) is 19.5. The summed E-state index contributed by atoms with van der Waals surface area (Å²) in [7, 11) is 0. The van der Waals surface area contributed by atoms with Crippen LogP contribution in [0.5, 0.6) is 0 Å². The van der Waals surface area contributed by atoms with Crippen LogP contribution in [0.2, 0.25) is 0 Å². The minimum Gasteiger partial charge on any atom is -0.457 e. The Balaban J connectivity index is 0.000000284. The molecule has 0 heterocycles. The lowest BCUT2D eigenvalue weighted by molar-refractivity contribution is -0.214. The van der Waals surface area contributed by atoms with Gasteiger partial charge in [0.15, 0.2) is 26.4 Å². The molecule has 0 radical (unpaired) electrons. The Labute approximate surface area is 310 Å². The third-order valence-electron chi connectivity index (χ3n) is 12.3. The van der Waals surface area contributed by atoms with Gasteiger partial charge in [-0.05, 0) is 135 Å². The van der Waals surface area contributed by atoms with Gasteiger partial charge in [0.25, 0.3) is 0 Å². The lowest BCUT2D eigenvalue weighted by Crippen LogP contribution is -2.59. The van der Waals surface area contributed by atoms with Crippen molar-refractivity contribution < 1.29 is 57.2 Å². The number of hydrogen-bond acceptors (Lipinski definition) is 12. The Morgan fingerprint density at radius 2 is 0.923 bits per heavy atom. The molecule has 5 rings (SSSR count). The van der Waals surface area contributed by atoms with Crippen LogP contribution in [-0.2, 0) is 57.2 Å². The number of carbonyl (C=O) groups is 6. The molecule has 0 unspecified atom stereocenters. The van der Waals surface area contributed by atoms with E-state index in [2.05, 4.69) is 6.92 Å². The fraction of sp³-hybridized carbons (Fsp3) is 0.850. The van der Waals surface area contributed by atoms with Crippen LogP contribution in [0, 0.1) is 34.5 Å². The van der Waals surface area contributed by atoms with Crippen LogP contribution in [0.25, 0.3) is 0 Å². The maximum Gasteiger partial charge on any atom is 0.344 e. The lowest BCUT2D eigenvalue weighted by atomic mass is 9.49. The van der Waals surface area contributed by atoms with Gasteiger partial charge in [-0.25, -0.2) is 19.2 Å². The lowest BCUT2D eigenvalue weighted by Gasteiger charge is -2.60. The predicted octanol–water partition coefficient (Wildman–Crippen LogP) is 6.82. The van der Waals surface area contributed by atoms with E-state index in [9.17, 15) is 28.8 Å². The molecule has 12 nitrogen and oxygen atoms in total. The molecule has 0 aliphatic heterocycles. The highest BCUT2D eigenvalue weighted by Gasteiger charge is 2.58. The van der Waals surface area contributed by atoms with Gasteiger partial charge in [0.2, 0.25) is 0 Å². The van der Waals surface area contributed by atoms with E-state index in [1.54, 1.807) is 27.7 Å². The summed E-state index contributed by atoms with van der Waals surface area (Å²) in [5.41, 5.74) is -2.10. The molecule has 0 amide bonds. The molecule has 296 valence electrons. The van der Waals surface area contributed by atoms with E-state index >= 15 is 0 Å². The highest BCUT2D eigenvalue weighted by molar-refractivity contribution is 5.82. The zero-order valence-electron chi connectivity index (χ0n) is 32.9. The second kappa shape index (κ2) is 18.7. The van der Waals surface area contributed by atoms with Gasteiger partial charge in [0, 0.05) is 0 Å². The molecule has 0 saturated heterocycles. The molecule has 5 fully saturated rings. The fourth-order valence-corrected chi connectivity index (χ4v) is 8.32. The first-order chi connectivity index (χ1) is 24.4. The molecule has 0 aromatic carbocycles. The SMILES string of the molecule is CCC(C)(C)C(=O)OCC(=O)OCC(=O)OC1(CC)C2CC3CC(C2)CC1C3.CCC1(OC(=O)COC(=O)COC(=O)C(C)(C)CC)CCCCC1. The van der Waals surface area contributed by atoms with Gasteiger partial charge in [-0.2, -0.15) is 0 Å². The maximum absolute atomic E-state index is 12.4. The Morgan fingerprint density at radius 3 is 1.31 bits per heavy atom. The van der Waals surface area contributed by atoms with Crippen LogP contribution >= 0.6 is 0 Å². The van der Waals surface area contributed by atoms with E-state index < -0.39 is 84.3 Å². The van der Waals surface area contributed by atoms with E-state index in [-0.39, 0.29) is 0 Å². The Bertz CT molecular complexity index is 1230. The number of rotatable bonds is 16. The predicted molar refractivity (Wildman–Crippen MR) is 190 cm³/mol. The molecule has 0 atom stereocenters. The zero-order chi connectivity index (χ0) is 38.7. The quantitative estimate of drug-likeness (QED) is 0.120. The van der Waals surface area contributed by atoms with Crippen molar-refractivity contribution in [3.63, 3.8) is 0 Å². The number of carbonyl (C=O) groups excluding carboxylic acids is 6. The van der Waals surface area contributed by atoms with E-state index in [0.29, 0.717) is 24.7 Å². The van der Waals surface area contributed by atoms with Crippen LogP contribution in [0.15, 0.2) is 0 Å². The molecule has 12 heteroatoms. The average Bonchev–Trinajstić information content (AvgIpc) is 3.12. The Morgan fingerprint density at radius 1 is 0.519 bits per heavy atom. The molecular formula is C40H64O12. The Kier molecular flexibility index (Phi) is 15.6. The van der Waals surface area contributed by atoms with Crippen LogP contribution in [-0.4, -0.2) is 73.4 Å². The van der Waals surface area contributed by atoms with Crippen LogP contribution < -0.4 is 0 Å². The second-order valence-corrected chi connectivity index (χ2v) is 16.6. The van der Waals surface area contributed by atoms with Crippen LogP contribution in [0.1, 0.15) is 145 Å². The third-order valence-corrected chi connectivity index (χ3v) is 12.3. The van der Waals surface area contributed by atoms with E-state index in [1.807, 2.05) is 20.8 Å². The van der Waals surface area contributed by atoms with Crippen LogP contribution in [0.4, 0.5) is 0 Å². The van der Waals surface area contributed by atoms with Gasteiger partial charge in [0.05, 0.1) is 10.8 Å². The summed E-state index contributed by atoms with van der Waals surface area (Å²) in [5, 5.41) is 0. The zero-order valence-corrected chi connectivity index (χ0v) is 32.9. The van der Waals surface area contributed by atoms with Crippen molar-refractivity contribution >= 4 is 35.8 Å². The van der Waals surface area contributed by atoms with Gasteiger partial charge < -0.3 is 28.4 Å².